The van der Waals surface area contributed by atoms with Crippen LogP contribution in [-0.2, 0) is 4.74 Å². The SMILES string of the molecule is C/C=C/c1nc(-c2ccccc2C)nc(N2CCOCC2)c1OC. The van der Waals surface area contributed by atoms with Crippen molar-refractivity contribution < 1.29 is 9.47 Å². The summed E-state index contributed by atoms with van der Waals surface area (Å²) in [5.74, 6) is 2.28. The van der Waals surface area contributed by atoms with Crippen LogP contribution in [0.25, 0.3) is 17.5 Å². The molecule has 24 heavy (non-hydrogen) atoms. The third-order valence-corrected chi connectivity index (χ3v) is 4.10. The van der Waals surface area contributed by atoms with E-state index in [0.717, 1.165) is 41.6 Å². The fourth-order valence-corrected chi connectivity index (χ4v) is 2.86. The molecule has 5 heteroatoms. The Balaban J connectivity index is 2.16. The fraction of sp³-hybridized carbons (Fsp3) is 0.368. The molecule has 1 fully saturated rings. The van der Waals surface area contributed by atoms with Crippen molar-refractivity contribution in [3.8, 4) is 17.1 Å². The number of anilines is 1. The summed E-state index contributed by atoms with van der Waals surface area (Å²) in [6.07, 6.45) is 3.93. The maximum absolute atomic E-state index is 5.64. The number of rotatable bonds is 4. The van der Waals surface area contributed by atoms with Gasteiger partial charge in [-0.1, -0.05) is 30.3 Å². The molecule has 0 bridgehead atoms. The van der Waals surface area contributed by atoms with Crippen LogP contribution in [0.2, 0.25) is 0 Å². The molecular formula is C19H23N3O2. The molecule has 1 aliphatic rings. The first kappa shape index (κ1) is 16.5. The van der Waals surface area contributed by atoms with Gasteiger partial charge >= 0.3 is 0 Å². The summed E-state index contributed by atoms with van der Waals surface area (Å²) in [6, 6.07) is 8.17. The molecule has 126 valence electrons. The van der Waals surface area contributed by atoms with Gasteiger partial charge in [-0.2, -0.15) is 0 Å². The number of methoxy groups -OCH3 is 1. The molecule has 1 aromatic heterocycles. The number of morpholine rings is 1. The third kappa shape index (κ3) is 3.26. The Morgan fingerprint density at radius 1 is 1.17 bits per heavy atom. The smallest absolute Gasteiger partial charge is 0.187 e. The van der Waals surface area contributed by atoms with Crippen molar-refractivity contribution in [1.82, 2.24) is 9.97 Å². The molecule has 3 rings (SSSR count). The van der Waals surface area contributed by atoms with Crippen LogP contribution in [0.5, 0.6) is 5.75 Å². The van der Waals surface area contributed by atoms with Crippen LogP contribution in [0.15, 0.2) is 30.3 Å². The normalized spacial score (nSPS) is 15.0. The van der Waals surface area contributed by atoms with E-state index in [4.69, 9.17) is 19.4 Å². The summed E-state index contributed by atoms with van der Waals surface area (Å²) in [4.78, 5) is 11.8. The Morgan fingerprint density at radius 2 is 1.92 bits per heavy atom. The minimum atomic E-state index is 0.700. The lowest BCUT2D eigenvalue weighted by atomic mass is 10.1. The van der Waals surface area contributed by atoms with E-state index in [1.807, 2.05) is 31.2 Å². The molecule has 0 saturated carbocycles. The van der Waals surface area contributed by atoms with Gasteiger partial charge in [0.15, 0.2) is 17.4 Å². The van der Waals surface area contributed by atoms with Crippen molar-refractivity contribution >= 4 is 11.9 Å². The Hall–Kier alpha value is -2.40. The third-order valence-electron chi connectivity index (χ3n) is 4.10. The van der Waals surface area contributed by atoms with Crippen LogP contribution in [0, 0.1) is 6.92 Å². The summed E-state index contributed by atoms with van der Waals surface area (Å²) < 4.78 is 11.1. The van der Waals surface area contributed by atoms with Gasteiger partial charge in [0.05, 0.1) is 20.3 Å². The molecule has 0 N–H and O–H groups in total. The van der Waals surface area contributed by atoms with Crippen molar-refractivity contribution in [1.29, 1.82) is 0 Å². The Morgan fingerprint density at radius 3 is 2.58 bits per heavy atom. The molecule has 0 unspecified atom stereocenters. The van der Waals surface area contributed by atoms with Crippen LogP contribution in [-0.4, -0.2) is 43.4 Å². The van der Waals surface area contributed by atoms with E-state index >= 15 is 0 Å². The van der Waals surface area contributed by atoms with Crippen molar-refractivity contribution in [2.24, 2.45) is 0 Å². The minimum Gasteiger partial charge on any atom is -0.491 e. The van der Waals surface area contributed by atoms with Crippen LogP contribution in [0.1, 0.15) is 18.2 Å². The molecule has 0 spiro atoms. The zero-order chi connectivity index (χ0) is 16.9. The molecular weight excluding hydrogens is 302 g/mol. The molecule has 0 amide bonds. The molecule has 2 heterocycles. The van der Waals surface area contributed by atoms with Gasteiger partial charge in [-0.25, -0.2) is 9.97 Å². The van der Waals surface area contributed by atoms with E-state index < -0.39 is 0 Å². The number of allylic oxidation sites excluding steroid dienone is 1. The molecule has 0 aliphatic carbocycles. The highest BCUT2D eigenvalue weighted by atomic mass is 16.5. The molecule has 1 saturated heterocycles. The second-order valence-corrected chi connectivity index (χ2v) is 5.70. The Labute approximate surface area is 143 Å². The predicted molar refractivity (Wildman–Crippen MR) is 96.5 cm³/mol. The van der Waals surface area contributed by atoms with Crippen LogP contribution < -0.4 is 9.64 Å². The van der Waals surface area contributed by atoms with Crippen LogP contribution in [0.4, 0.5) is 5.82 Å². The van der Waals surface area contributed by atoms with Crippen LogP contribution in [0.3, 0.4) is 0 Å². The first-order chi connectivity index (χ1) is 11.7. The van der Waals surface area contributed by atoms with Gasteiger partial charge < -0.3 is 14.4 Å². The zero-order valence-corrected chi connectivity index (χ0v) is 14.5. The van der Waals surface area contributed by atoms with Crippen molar-refractivity contribution in [2.75, 3.05) is 38.3 Å². The van der Waals surface area contributed by atoms with Gasteiger partial charge in [-0.05, 0) is 25.5 Å². The van der Waals surface area contributed by atoms with E-state index in [0.29, 0.717) is 19.0 Å². The summed E-state index contributed by atoms with van der Waals surface area (Å²) >= 11 is 0. The molecule has 1 aromatic carbocycles. The van der Waals surface area contributed by atoms with Gasteiger partial charge in [0.1, 0.15) is 5.69 Å². The van der Waals surface area contributed by atoms with E-state index in [2.05, 4.69) is 24.0 Å². The van der Waals surface area contributed by atoms with Crippen molar-refractivity contribution in [2.45, 2.75) is 13.8 Å². The summed E-state index contributed by atoms with van der Waals surface area (Å²) in [6.45, 7) is 7.05. The van der Waals surface area contributed by atoms with E-state index in [9.17, 15) is 0 Å². The topological polar surface area (TPSA) is 47.5 Å². The number of aryl methyl sites for hydroxylation is 1. The second-order valence-electron chi connectivity index (χ2n) is 5.70. The van der Waals surface area contributed by atoms with E-state index in [1.165, 1.54) is 0 Å². The standard InChI is InChI=1S/C19H23N3O2/c1-4-7-16-17(23-3)19(22-10-12-24-13-11-22)21-18(20-16)15-9-6-5-8-14(15)2/h4-9H,10-13H2,1-3H3/b7-4+. The summed E-state index contributed by atoms with van der Waals surface area (Å²) in [5.41, 5.74) is 3.00. The molecule has 1 aliphatic heterocycles. The lowest BCUT2D eigenvalue weighted by Gasteiger charge is -2.29. The first-order valence-electron chi connectivity index (χ1n) is 8.22. The number of aromatic nitrogens is 2. The van der Waals surface area contributed by atoms with Gasteiger partial charge in [0.2, 0.25) is 0 Å². The number of hydrogen-bond acceptors (Lipinski definition) is 5. The summed E-state index contributed by atoms with van der Waals surface area (Å²) in [7, 11) is 1.67. The van der Waals surface area contributed by atoms with E-state index in [1.54, 1.807) is 7.11 Å². The number of ether oxygens (including phenoxy) is 2. The van der Waals surface area contributed by atoms with Crippen molar-refractivity contribution in [3.05, 3.63) is 41.6 Å². The minimum absolute atomic E-state index is 0.700. The number of nitrogens with zero attached hydrogens (tertiary/aromatic N) is 3. The van der Waals surface area contributed by atoms with E-state index in [-0.39, 0.29) is 0 Å². The van der Waals surface area contributed by atoms with Gasteiger partial charge in [-0.15, -0.1) is 0 Å². The Kier molecular flexibility index (Phi) is 5.11. The lowest BCUT2D eigenvalue weighted by Crippen LogP contribution is -2.37. The highest BCUT2D eigenvalue weighted by Crippen LogP contribution is 2.33. The summed E-state index contributed by atoms with van der Waals surface area (Å²) in [5, 5.41) is 0. The van der Waals surface area contributed by atoms with Gasteiger partial charge in [0, 0.05) is 18.7 Å². The largest absolute Gasteiger partial charge is 0.491 e. The highest BCUT2D eigenvalue weighted by Gasteiger charge is 2.22. The fourth-order valence-electron chi connectivity index (χ4n) is 2.86. The average Bonchev–Trinajstić information content (AvgIpc) is 2.62. The van der Waals surface area contributed by atoms with Gasteiger partial charge in [0.25, 0.3) is 0 Å². The molecule has 5 nitrogen and oxygen atoms in total. The quantitative estimate of drug-likeness (QED) is 0.863. The molecule has 0 atom stereocenters. The average molecular weight is 325 g/mol. The zero-order valence-electron chi connectivity index (χ0n) is 14.5. The van der Waals surface area contributed by atoms with Gasteiger partial charge in [-0.3, -0.25) is 0 Å². The van der Waals surface area contributed by atoms with Crippen molar-refractivity contribution in [3.63, 3.8) is 0 Å². The first-order valence-corrected chi connectivity index (χ1v) is 8.22. The Bertz CT molecular complexity index is 737. The monoisotopic (exact) mass is 325 g/mol. The number of benzene rings is 1. The highest BCUT2D eigenvalue weighted by molar-refractivity contribution is 5.70. The maximum Gasteiger partial charge on any atom is 0.187 e. The molecule has 0 radical (unpaired) electrons. The molecule has 2 aromatic rings. The maximum atomic E-state index is 5.64. The number of hydrogen-bond donors (Lipinski definition) is 0. The van der Waals surface area contributed by atoms with Crippen LogP contribution >= 0.6 is 0 Å². The lowest BCUT2D eigenvalue weighted by molar-refractivity contribution is 0.122. The second kappa shape index (κ2) is 7.45. The predicted octanol–water partition coefficient (Wildman–Crippen LogP) is 3.33.